The van der Waals surface area contributed by atoms with E-state index in [1.54, 1.807) is 0 Å². The highest BCUT2D eigenvalue weighted by atomic mass is 16.1. The summed E-state index contributed by atoms with van der Waals surface area (Å²) in [6.07, 6.45) is 0. The summed E-state index contributed by atoms with van der Waals surface area (Å²) in [5.41, 5.74) is 6.21. The van der Waals surface area contributed by atoms with Gasteiger partial charge in [-0.15, -0.1) is 0 Å². The molecular weight excluding hydrogens is 394 g/mol. The highest BCUT2D eigenvalue weighted by molar-refractivity contribution is 6.04. The predicted octanol–water partition coefficient (Wildman–Crippen LogP) is 6.56. The minimum Gasteiger partial charge on any atom is -0.321 e. The van der Waals surface area contributed by atoms with E-state index in [0.29, 0.717) is 5.69 Å². The van der Waals surface area contributed by atoms with Crippen LogP contribution in [0.25, 0.3) is 27.7 Å². The molecule has 4 aromatic carbocycles. The minimum absolute atomic E-state index is 0.234. The number of hydrogen-bond donors (Lipinski definition) is 1. The van der Waals surface area contributed by atoms with Gasteiger partial charge in [-0.25, -0.2) is 4.68 Å². The lowest BCUT2D eigenvalue weighted by Gasteiger charge is -2.12. The van der Waals surface area contributed by atoms with Gasteiger partial charge in [0, 0.05) is 11.3 Å². The van der Waals surface area contributed by atoms with Crippen LogP contribution in [0.2, 0.25) is 0 Å². The van der Waals surface area contributed by atoms with Crippen molar-refractivity contribution in [2.75, 3.05) is 5.32 Å². The Balaban J connectivity index is 1.65. The number of rotatable bonds is 4. The molecule has 0 saturated heterocycles. The van der Waals surface area contributed by atoms with Gasteiger partial charge >= 0.3 is 0 Å². The quantitative estimate of drug-likeness (QED) is 0.360. The largest absolute Gasteiger partial charge is 0.321 e. The van der Waals surface area contributed by atoms with Crippen LogP contribution in [0.5, 0.6) is 0 Å². The zero-order valence-electron chi connectivity index (χ0n) is 18.0. The first-order chi connectivity index (χ1) is 15.6. The summed E-state index contributed by atoms with van der Waals surface area (Å²) >= 11 is 0. The van der Waals surface area contributed by atoms with Crippen molar-refractivity contribution in [1.29, 1.82) is 0 Å². The maximum absolute atomic E-state index is 13.1. The van der Waals surface area contributed by atoms with Crippen LogP contribution in [0.15, 0.2) is 97.1 Å². The molecule has 4 nitrogen and oxygen atoms in total. The fourth-order valence-corrected chi connectivity index (χ4v) is 3.95. The second-order valence-electron chi connectivity index (χ2n) is 7.96. The molecule has 0 unspecified atom stereocenters. The lowest BCUT2D eigenvalue weighted by molar-refractivity contribution is 0.102. The number of aryl methyl sites for hydroxylation is 2. The number of fused-ring (bicyclic) bond motifs is 1. The molecule has 4 heteroatoms. The normalized spacial score (nSPS) is 10.9. The molecule has 1 amide bonds. The van der Waals surface area contributed by atoms with Crippen LogP contribution in [0.1, 0.15) is 21.6 Å². The Bertz CT molecular complexity index is 1430. The van der Waals surface area contributed by atoms with Gasteiger partial charge in [0.15, 0.2) is 5.69 Å². The second-order valence-corrected chi connectivity index (χ2v) is 7.96. The molecule has 156 valence electrons. The molecule has 0 aliphatic carbocycles. The third-order valence-electron chi connectivity index (χ3n) is 5.66. The molecule has 1 N–H and O–H groups in total. The molecule has 5 aromatic rings. The highest BCUT2D eigenvalue weighted by Gasteiger charge is 2.19. The third-order valence-corrected chi connectivity index (χ3v) is 5.66. The van der Waals surface area contributed by atoms with E-state index in [4.69, 9.17) is 5.10 Å². The van der Waals surface area contributed by atoms with Gasteiger partial charge in [-0.2, -0.15) is 5.10 Å². The summed E-state index contributed by atoms with van der Waals surface area (Å²) in [7, 11) is 0. The van der Waals surface area contributed by atoms with Crippen LogP contribution in [0.4, 0.5) is 5.69 Å². The highest BCUT2D eigenvalue weighted by Crippen LogP contribution is 2.31. The molecule has 0 fully saturated rings. The second kappa shape index (κ2) is 8.16. The Kier molecular flexibility index (Phi) is 5.04. The predicted molar refractivity (Wildman–Crippen MR) is 130 cm³/mol. The van der Waals surface area contributed by atoms with Gasteiger partial charge in [0.05, 0.1) is 11.4 Å². The number of nitrogens with one attached hydrogen (secondary N) is 1. The van der Waals surface area contributed by atoms with Crippen LogP contribution >= 0.6 is 0 Å². The van der Waals surface area contributed by atoms with Crippen molar-refractivity contribution >= 4 is 22.4 Å². The Labute approximate surface area is 187 Å². The molecule has 0 saturated carbocycles. The summed E-state index contributed by atoms with van der Waals surface area (Å²) < 4.78 is 1.88. The number of carbonyl (C=O) groups is 1. The first kappa shape index (κ1) is 19.8. The van der Waals surface area contributed by atoms with Crippen molar-refractivity contribution in [3.05, 3.63) is 114 Å². The monoisotopic (exact) mass is 417 g/mol. The molecular formula is C28H23N3O. The molecule has 1 aromatic heterocycles. The van der Waals surface area contributed by atoms with Crippen molar-refractivity contribution in [3.63, 3.8) is 0 Å². The third kappa shape index (κ3) is 3.67. The number of amides is 1. The van der Waals surface area contributed by atoms with Gasteiger partial charge in [-0.3, -0.25) is 4.79 Å². The fraction of sp³-hybridized carbons (Fsp3) is 0.0714. The van der Waals surface area contributed by atoms with Crippen LogP contribution in [-0.2, 0) is 0 Å². The first-order valence-electron chi connectivity index (χ1n) is 10.6. The maximum Gasteiger partial charge on any atom is 0.276 e. The number of carbonyl (C=O) groups excluding carboxylic acids is 1. The van der Waals surface area contributed by atoms with Crippen molar-refractivity contribution in [3.8, 4) is 16.9 Å². The molecule has 0 spiro atoms. The molecule has 0 atom stereocenters. The lowest BCUT2D eigenvalue weighted by Crippen LogP contribution is -2.13. The van der Waals surface area contributed by atoms with E-state index < -0.39 is 0 Å². The van der Waals surface area contributed by atoms with E-state index >= 15 is 0 Å². The lowest BCUT2D eigenvalue weighted by atomic mass is 10.0. The van der Waals surface area contributed by atoms with Crippen molar-refractivity contribution in [1.82, 2.24) is 9.78 Å². The molecule has 32 heavy (non-hydrogen) atoms. The van der Waals surface area contributed by atoms with Crippen molar-refractivity contribution in [2.45, 2.75) is 13.8 Å². The molecule has 0 aliphatic rings. The topological polar surface area (TPSA) is 46.9 Å². The number of aromatic nitrogens is 2. The van der Waals surface area contributed by atoms with Crippen molar-refractivity contribution in [2.24, 2.45) is 0 Å². The van der Waals surface area contributed by atoms with E-state index in [2.05, 4.69) is 42.6 Å². The summed E-state index contributed by atoms with van der Waals surface area (Å²) in [6.45, 7) is 4.07. The van der Waals surface area contributed by atoms with Gasteiger partial charge < -0.3 is 5.32 Å². The number of anilines is 1. The minimum atomic E-state index is -0.234. The average Bonchev–Trinajstić information content (AvgIpc) is 3.26. The van der Waals surface area contributed by atoms with E-state index in [0.717, 1.165) is 44.5 Å². The van der Waals surface area contributed by atoms with Crippen LogP contribution in [-0.4, -0.2) is 15.7 Å². The number of para-hydroxylation sites is 1. The zero-order valence-corrected chi connectivity index (χ0v) is 18.0. The Morgan fingerprint density at radius 2 is 1.53 bits per heavy atom. The fourth-order valence-electron chi connectivity index (χ4n) is 3.95. The molecule has 0 aliphatic heterocycles. The summed E-state index contributed by atoms with van der Waals surface area (Å²) in [4.78, 5) is 13.1. The van der Waals surface area contributed by atoms with E-state index in [1.807, 2.05) is 78.3 Å². The van der Waals surface area contributed by atoms with Gasteiger partial charge in [0.25, 0.3) is 5.91 Å². The zero-order chi connectivity index (χ0) is 22.1. The Hall–Kier alpha value is -4.18. The van der Waals surface area contributed by atoms with Gasteiger partial charge in [0.1, 0.15) is 0 Å². The van der Waals surface area contributed by atoms with E-state index in [1.165, 1.54) is 0 Å². The summed E-state index contributed by atoms with van der Waals surface area (Å²) in [5.74, 6) is -0.234. The van der Waals surface area contributed by atoms with E-state index in [9.17, 15) is 4.79 Å². The van der Waals surface area contributed by atoms with Crippen molar-refractivity contribution < 1.29 is 4.79 Å². The molecule has 0 radical (unpaired) electrons. The summed E-state index contributed by atoms with van der Waals surface area (Å²) in [5, 5.41) is 9.98. The van der Waals surface area contributed by atoms with Crippen LogP contribution in [0.3, 0.4) is 0 Å². The molecule has 0 bridgehead atoms. The molecule has 1 heterocycles. The SMILES string of the molecule is Cc1ccc(NC(=O)c2cc(-c3cccc4ccccc34)n(-c3ccccc3C)n2)cc1. The maximum atomic E-state index is 13.1. The van der Waals surface area contributed by atoms with Crippen LogP contribution in [0, 0.1) is 13.8 Å². The number of nitrogens with zero attached hydrogens (tertiary/aromatic N) is 2. The Morgan fingerprint density at radius 1 is 0.812 bits per heavy atom. The number of hydrogen-bond acceptors (Lipinski definition) is 2. The van der Waals surface area contributed by atoms with Gasteiger partial charge in [0.2, 0.25) is 0 Å². The average molecular weight is 418 g/mol. The number of benzene rings is 4. The first-order valence-corrected chi connectivity index (χ1v) is 10.6. The summed E-state index contributed by atoms with van der Waals surface area (Å²) in [6, 6.07) is 32.2. The smallest absolute Gasteiger partial charge is 0.276 e. The standard InChI is InChI=1S/C28H23N3O/c1-19-14-16-22(17-15-19)29-28(32)25-18-27(31(30-25)26-13-6-3-8-20(26)2)24-12-7-10-21-9-4-5-11-23(21)24/h3-18H,1-2H3,(H,29,32). The van der Waals surface area contributed by atoms with E-state index in [-0.39, 0.29) is 5.91 Å². The molecule has 5 rings (SSSR count). The van der Waals surface area contributed by atoms with Gasteiger partial charge in [-0.05, 0) is 54.4 Å². The Morgan fingerprint density at radius 3 is 2.34 bits per heavy atom. The van der Waals surface area contributed by atoms with Gasteiger partial charge in [-0.1, -0.05) is 78.4 Å². The van der Waals surface area contributed by atoms with Crippen LogP contribution < -0.4 is 5.32 Å².